The van der Waals surface area contributed by atoms with E-state index in [-0.39, 0.29) is 6.04 Å². The second kappa shape index (κ2) is 4.89. The Kier molecular flexibility index (Phi) is 3.51. The van der Waals surface area contributed by atoms with E-state index in [0.717, 1.165) is 6.54 Å². The summed E-state index contributed by atoms with van der Waals surface area (Å²) >= 11 is 1.76. The number of nitrogens with one attached hydrogen (secondary N) is 1. The molecule has 3 nitrogen and oxygen atoms in total. The second-order valence-corrected chi connectivity index (χ2v) is 5.46. The van der Waals surface area contributed by atoms with E-state index in [0.29, 0.717) is 11.7 Å². The minimum Gasteiger partial charge on any atom is -0.480 e. The molecule has 1 aromatic rings. The van der Waals surface area contributed by atoms with E-state index in [2.05, 4.69) is 36.5 Å². The maximum absolute atomic E-state index is 10.8. The average Bonchev–Trinajstić information content (AvgIpc) is 2.70. The van der Waals surface area contributed by atoms with Crippen LogP contribution in [0.5, 0.6) is 0 Å². The first kappa shape index (κ1) is 11.5. The van der Waals surface area contributed by atoms with Crippen molar-refractivity contribution in [2.24, 2.45) is 0 Å². The number of carbonyl (C=O) groups is 1. The summed E-state index contributed by atoms with van der Waals surface area (Å²) in [7, 11) is 0. The molecule has 2 N–H and O–H groups in total. The summed E-state index contributed by atoms with van der Waals surface area (Å²) in [6, 6.07) is 7.98. The zero-order chi connectivity index (χ0) is 11.5. The van der Waals surface area contributed by atoms with Crippen molar-refractivity contribution in [1.82, 2.24) is 5.32 Å². The Bertz CT molecular complexity index is 377. The number of aryl methyl sites for hydroxylation is 1. The van der Waals surface area contributed by atoms with Gasteiger partial charge in [0.05, 0.1) is 0 Å². The molecular weight excluding hydrogens is 222 g/mol. The summed E-state index contributed by atoms with van der Waals surface area (Å²) < 4.78 is 0. The molecule has 1 aliphatic rings. The Labute approximate surface area is 99.2 Å². The Balaban J connectivity index is 1.92. The summed E-state index contributed by atoms with van der Waals surface area (Å²) in [4.78, 5) is 12.0. The Morgan fingerprint density at radius 3 is 2.69 bits per heavy atom. The van der Waals surface area contributed by atoms with Gasteiger partial charge in [0.25, 0.3) is 0 Å². The van der Waals surface area contributed by atoms with Crippen molar-refractivity contribution < 1.29 is 9.90 Å². The molecule has 0 spiro atoms. The number of aliphatic carboxylic acids is 1. The van der Waals surface area contributed by atoms with Crippen LogP contribution >= 0.6 is 11.8 Å². The molecule has 1 heterocycles. The van der Waals surface area contributed by atoms with Gasteiger partial charge in [0.2, 0.25) is 0 Å². The van der Waals surface area contributed by atoms with Crippen molar-refractivity contribution in [2.45, 2.75) is 29.5 Å². The second-order valence-electron chi connectivity index (χ2n) is 4.09. The van der Waals surface area contributed by atoms with Crippen molar-refractivity contribution >= 4 is 17.7 Å². The Morgan fingerprint density at radius 1 is 1.44 bits per heavy atom. The highest BCUT2D eigenvalue weighted by Gasteiger charge is 2.29. The van der Waals surface area contributed by atoms with Gasteiger partial charge in [-0.2, -0.15) is 0 Å². The highest BCUT2D eigenvalue weighted by molar-refractivity contribution is 8.00. The van der Waals surface area contributed by atoms with Gasteiger partial charge in [-0.25, -0.2) is 0 Å². The van der Waals surface area contributed by atoms with Gasteiger partial charge >= 0.3 is 5.97 Å². The van der Waals surface area contributed by atoms with Gasteiger partial charge < -0.3 is 10.4 Å². The number of benzene rings is 1. The lowest BCUT2D eigenvalue weighted by molar-refractivity contribution is -0.139. The minimum atomic E-state index is -0.744. The number of carboxylic acid groups (broad SMARTS) is 1. The molecule has 1 saturated heterocycles. The normalized spacial score (nSPS) is 24.6. The van der Waals surface area contributed by atoms with Crippen molar-refractivity contribution in [1.29, 1.82) is 0 Å². The third kappa shape index (κ3) is 2.77. The zero-order valence-electron chi connectivity index (χ0n) is 9.14. The van der Waals surface area contributed by atoms with Crippen molar-refractivity contribution in [2.75, 3.05) is 6.54 Å². The van der Waals surface area contributed by atoms with Crippen LogP contribution in [0.2, 0.25) is 0 Å². The van der Waals surface area contributed by atoms with Crippen molar-refractivity contribution in [3.63, 3.8) is 0 Å². The van der Waals surface area contributed by atoms with Crippen LogP contribution in [0.25, 0.3) is 0 Å². The van der Waals surface area contributed by atoms with Crippen LogP contribution in [0.4, 0.5) is 0 Å². The van der Waals surface area contributed by atoms with Crippen LogP contribution in [0, 0.1) is 6.92 Å². The summed E-state index contributed by atoms with van der Waals surface area (Å²) in [5.41, 5.74) is 1.25. The molecule has 1 fully saturated rings. The van der Waals surface area contributed by atoms with Crippen LogP contribution in [0.3, 0.4) is 0 Å². The van der Waals surface area contributed by atoms with Crippen LogP contribution in [-0.4, -0.2) is 28.9 Å². The van der Waals surface area contributed by atoms with Crippen molar-refractivity contribution in [3.05, 3.63) is 29.8 Å². The number of hydrogen-bond acceptors (Lipinski definition) is 3. The molecule has 2 rings (SSSR count). The number of hydrogen-bond donors (Lipinski definition) is 2. The van der Waals surface area contributed by atoms with Crippen LogP contribution in [-0.2, 0) is 4.79 Å². The van der Waals surface area contributed by atoms with E-state index < -0.39 is 5.97 Å². The highest BCUT2D eigenvalue weighted by atomic mass is 32.2. The molecule has 4 heteroatoms. The maximum atomic E-state index is 10.8. The van der Waals surface area contributed by atoms with Gasteiger partial charge in [-0.05, 0) is 25.5 Å². The molecule has 0 bridgehead atoms. The van der Waals surface area contributed by atoms with Gasteiger partial charge in [0, 0.05) is 16.7 Å². The number of rotatable bonds is 3. The highest BCUT2D eigenvalue weighted by Crippen LogP contribution is 2.28. The van der Waals surface area contributed by atoms with E-state index >= 15 is 0 Å². The number of carboxylic acids is 1. The van der Waals surface area contributed by atoms with Gasteiger partial charge in [0.15, 0.2) is 0 Å². The van der Waals surface area contributed by atoms with Crippen LogP contribution in [0.15, 0.2) is 29.2 Å². The Morgan fingerprint density at radius 2 is 2.12 bits per heavy atom. The van der Waals surface area contributed by atoms with Gasteiger partial charge in [-0.1, -0.05) is 17.7 Å². The lowest BCUT2D eigenvalue weighted by Crippen LogP contribution is -2.29. The first-order valence-electron chi connectivity index (χ1n) is 5.34. The summed E-state index contributed by atoms with van der Waals surface area (Å²) in [5, 5.41) is 12.2. The topological polar surface area (TPSA) is 49.3 Å². The monoisotopic (exact) mass is 237 g/mol. The summed E-state index contributed by atoms with van der Waals surface area (Å²) in [5.74, 6) is -0.744. The van der Waals surface area contributed by atoms with E-state index in [1.807, 2.05) is 0 Å². The Hall–Kier alpha value is -1.00. The fourth-order valence-corrected chi connectivity index (χ4v) is 2.94. The van der Waals surface area contributed by atoms with Crippen LogP contribution in [0.1, 0.15) is 12.0 Å². The quantitative estimate of drug-likeness (QED) is 0.843. The molecule has 86 valence electrons. The largest absolute Gasteiger partial charge is 0.480 e. The predicted octanol–water partition coefficient (Wildman–Crippen LogP) is 1.90. The molecule has 0 radical (unpaired) electrons. The molecular formula is C12H15NO2S. The third-order valence-electron chi connectivity index (χ3n) is 2.71. The van der Waals surface area contributed by atoms with Gasteiger partial charge in [-0.15, -0.1) is 11.8 Å². The fraction of sp³-hybridized carbons (Fsp3) is 0.417. The molecule has 0 aliphatic carbocycles. The van der Waals surface area contributed by atoms with Crippen molar-refractivity contribution in [3.8, 4) is 0 Å². The standard InChI is InChI=1S/C12H15NO2S/c1-8-2-4-9(5-3-8)16-10-6-11(12(14)15)13-7-10/h2-5,10-11,13H,6-7H2,1H3,(H,14,15). The third-order valence-corrected chi connectivity index (χ3v) is 3.95. The molecule has 0 amide bonds. The summed E-state index contributed by atoms with van der Waals surface area (Å²) in [6.45, 7) is 2.83. The molecule has 0 aromatic heterocycles. The molecule has 2 atom stereocenters. The SMILES string of the molecule is Cc1ccc(SC2CNC(C(=O)O)C2)cc1. The average molecular weight is 237 g/mol. The summed E-state index contributed by atoms with van der Waals surface area (Å²) in [6.07, 6.45) is 0.702. The van der Waals surface area contributed by atoms with E-state index in [1.54, 1.807) is 11.8 Å². The number of thioether (sulfide) groups is 1. The smallest absolute Gasteiger partial charge is 0.320 e. The molecule has 1 aliphatic heterocycles. The lowest BCUT2D eigenvalue weighted by Gasteiger charge is -2.08. The molecule has 2 unspecified atom stereocenters. The minimum absolute atomic E-state index is 0.365. The molecule has 1 aromatic carbocycles. The zero-order valence-corrected chi connectivity index (χ0v) is 9.96. The van der Waals surface area contributed by atoms with Crippen LogP contribution < -0.4 is 5.32 Å². The fourth-order valence-electron chi connectivity index (χ4n) is 1.79. The van der Waals surface area contributed by atoms with E-state index in [1.165, 1.54) is 10.5 Å². The first-order chi connectivity index (χ1) is 7.65. The van der Waals surface area contributed by atoms with Gasteiger partial charge in [-0.3, -0.25) is 4.79 Å². The predicted molar refractivity (Wildman–Crippen MR) is 64.9 cm³/mol. The maximum Gasteiger partial charge on any atom is 0.320 e. The lowest BCUT2D eigenvalue weighted by atomic mass is 10.2. The molecule has 0 saturated carbocycles. The van der Waals surface area contributed by atoms with Gasteiger partial charge in [0.1, 0.15) is 6.04 Å². The molecule has 16 heavy (non-hydrogen) atoms. The first-order valence-corrected chi connectivity index (χ1v) is 6.22. The van der Waals surface area contributed by atoms with E-state index in [9.17, 15) is 4.79 Å². The van der Waals surface area contributed by atoms with E-state index in [4.69, 9.17) is 5.11 Å².